The highest BCUT2D eigenvalue weighted by Gasteiger charge is 2.19. The van der Waals surface area contributed by atoms with Gasteiger partial charge in [0.25, 0.3) is 5.91 Å². The van der Waals surface area contributed by atoms with E-state index in [1.807, 2.05) is 6.07 Å². The second-order valence-corrected chi connectivity index (χ2v) is 6.72. The molecule has 1 heterocycles. The summed E-state index contributed by atoms with van der Waals surface area (Å²) in [5.41, 5.74) is 0.0539. The zero-order chi connectivity index (χ0) is 21.7. The lowest BCUT2D eigenvalue weighted by Crippen LogP contribution is -2.31. The number of allylic oxidation sites excluding steroid dienone is 1. The van der Waals surface area contributed by atoms with E-state index in [2.05, 4.69) is 25.9 Å². The molecule has 1 atom stereocenters. The highest BCUT2D eigenvalue weighted by Crippen LogP contribution is 2.24. The maximum absolute atomic E-state index is 14.4. The summed E-state index contributed by atoms with van der Waals surface area (Å²) in [5, 5.41) is 24.5. The molecule has 154 valence electrons. The average molecular weight is 411 g/mol. The van der Waals surface area contributed by atoms with Crippen LogP contribution in [0.1, 0.15) is 30.1 Å². The summed E-state index contributed by atoms with van der Waals surface area (Å²) >= 11 is 0. The third-order valence-electron chi connectivity index (χ3n) is 4.24. The number of hydrogen-bond acceptors (Lipinski definition) is 7. The first-order valence-corrected chi connectivity index (χ1v) is 9.18. The van der Waals surface area contributed by atoms with Crippen LogP contribution < -0.4 is 16.0 Å². The first-order valence-electron chi connectivity index (χ1n) is 9.18. The Morgan fingerprint density at radius 3 is 2.77 bits per heavy atom. The van der Waals surface area contributed by atoms with Crippen molar-refractivity contribution in [2.24, 2.45) is 0 Å². The highest BCUT2D eigenvalue weighted by atomic mass is 19.1. The normalized spacial score (nSPS) is 14.4. The Labute approximate surface area is 171 Å². The van der Waals surface area contributed by atoms with Crippen molar-refractivity contribution in [2.75, 3.05) is 5.32 Å². The molecule has 1 amide bonds. The van der Waals surface area contributed by atoms with Gasteiger partial charge in [0.05, 0.1) is 23.5 Å². The number of carbonyl (C=O) groups excluding carboxylic acids is 1. The Morgan fingerprint density at radius 2 is 2.13 bits per heavy atom. The van der Waals surface area contributed by atoms with E-state index in [9.17, 15) is 13.6 Å². The molecule has 1 aromatic carbocycles. The number of nitrogens with zero attached hydrogens (tertiary/aromatic N) is 3. The number of aromatic nitrogens is 2. The van der Waals surface area contributed by atoms with Crippen LogP contribution in [0.4, 0.5) is 14.7 Å². The molecule has 10 heteroatoms. The molecule has 4 N–H and O–H groups in total. The molecule has 0 unspecified atom stereocenters. The molecule has 1 aliphatic rings. The van der Waals surface area contributed by atoms with Crippen molar-refractivity contribution in [3.05, 3.63) is 53.5 Å². The third kappa shape index (κ3) is 5.14. The molecule has 0 radical (unpaired) electrons. The van der Waals surface area contributed by atoms with Gasteiger partial charge in [0.1, 0.15) is 17.6 Å². The molecule has 2 aromatic rings. The fourth-order valence-electron chi connectivity index (χ4n) is 2.48. The smallest absolute Gasteiger partial charge is 0.255 e. The number of anilines is 1. The highest BCUT2D eigenvalue weighted by molar-refractivity contribution is 5.95. The van der Waals surface area contributed by atoms with Crippen molar-refractivity contribution in [1.82, 2.24) is 20.6 Å². The fourth-order valence-corrected chi connectivity index (χ4v) is 2.48. The molecule has 30 heavy (non-hydrogen) atoms. The van der Waals surface area contributed by atoms with Gasteiger partial charge in [0.15, 0.2) is 5.82 Å². The van der Waals surface area contributed by atoms with E-state index in [1.54, 1.807) is 6.20 Å². The summed E-state index contributed by atoms with van der Waals surface area (Å²) in [6.45, 7) is 1.46. The topological polar surface area (TPSA) is 127 Å². The Balaban J connectivity index is 1.83. The van der Waals surface area contributed by atoms with Crippen LogP contribution >= 0.6 is 0 Å². The Morgan fingerprint density at radius 1 is 1.37 bits per heavy atom. The van der Waals surface area contributed by atoms with Crippen molar-refractivity contribution in [3.8, 4) is 17.3 Å². The van der Waals surface area contributed by atoms with Gasteiger partial charge in [-0.15, -0.1) is 0 Å². The van der Waals surface area contributed by atoms with Gasteiger partial charge in [0.2, 0.25) is 5.95 Å². The predicted molar refractivity (Wildman–Crippen MR) is 107 cm³/mol. The van der Waals surface area contributed by atoms with E-state index in [-0.39, 0.29) is 22.8 Å². The van der Waals surface area contributed by atoms with Crippen molar-refractivity contribution in [3.63, 3.8) is 0 Å². The molecule has 1 saturated carbocycles. The largest absolute Gasteiger partial charge is 0.386 e. The van der Waals surface area contributed by atoms with Gasteiger partial charge in [-0.1, -0.05) is 6.07 Å². The quantitative estimate of drug-likeness (QED) is 0.495. The summed E-state index contributed by atoms with van der Waals surface area (Å²) in [6, 6.07) is 4.97. The van der Waals surface area contributed by atoms with Crippen molar-refractivity contribution >= 4 is 18.1 Å². The summed E-state index contributed by atoms with van der Waals surface area (Å²) < 4.78 is 28.7. The molecule has 1 fully saturated rings. The van der Waals surface area contributed by atoms with Crippen molar-refractivity contribution in [1.29, 1.82) is 10.7 Å². The number of halogens is 2. The molecular formula is C20H19F2N7O. The van der Waals surface area contributed by atoms with E-state index in [0.717, 1.165) is 31.3 Å². The number of benzene rings is 1. The fraction of sp³-hybridized carbons (Fsp3) is 0.250. The van der Waals surface area contributed by atoms with Crippen molar-refractivity contribution < 1.29 is 13.6 Å². The molecule has 0 spiro atoms. The molecule has 3 rings (SSSR count). The minimum absolute atomic E-state index is 0.0313. The summed E-state index contributed by atoms with van der Waals surface area (Å²) in [7, 11) is 0. The summed E-state index contributed by atoms with van der Waals surface area (Å²) in [6.07, 6.45) is 5.75. The number of rotatable bonds is 8. The van der Waals surface area contributed by atoms with Crippen LogP contribution in [0.5, 0.6) is 0 Å². The minimum Gasteiger partial charge on any atom is -0.386 e. The van der Waals surface area contributed by atoms with Crippen LogP contribution in [0.3, 0.4) is 0 Å². The Kier molecular flexibility index (Phi) is 6.32. The predicted octanol–water partition coefficient (Wildman–Crippen LogP) is 2.72. The number of hydrogen-bond donors (Lipinski definition) is 4. The van der Waals surface area contributed by atoms with Crippen molar-refractivity contribution in [2.45, 2.75) is 31.8 Å². The summed E-state index contributed by atoms with van der Waals surface area (Å²) in [4.78, 5) is 19.9. The van der Waals surface area contributed by atoms with E-state index >= 15 is 0 Å². The van der Waals surface area contributed by atoms with Gasteiger partial charge in [-0.3, -0.25) is 4.79 Å². The number of amides is 1. The molecule has 1 aliphatic carbocycles. The standard InChI is InChI=1S/C20H19F2N7O/c1-11(7-23)27-19(30)15-5-2-12(6-16(15)21)18-17(22)10-26-20(29-18)28-14(8-24)9-25-13-3-4-13/h2,5-6,8-11,13,24-25H,3-4H2,1H3,(H,27,30)(H,26,28,29)/b14-9+,24-8?/t11-/m0/s1. The first kappa shape index (κ1) is 20.9. The lowest BCUT2D eigenvalue weighted by atomic mass is 10.1. The zero-order valence-corrected chi connectivity index (χ0v) is 16.0. The number of nitrogens with one attached hydrogen (secondary N) is 4. The lowest BCUT2D eigenvalue weighted by molar-refractivity contribution is 0.0944. The Bertz CT molecular complexity index is 1040. The van der Waals surface area contributed by atoms with E-state index in [4.69, 9.17) is 10.7 Å². The van der Waals surface area contributed by atoms with E-state index in [1.165, 1.54) is 19.1 Å². The van der Waals surface area contributed by atoms with Crippen LogP contribution in [0.15, 0.2) is 36.3 Å². The van der Waals surface area contributed by atoms with Gasteiger partial charge < -0.3 is 21.4 Å². The second-order valence-electron chi connectivity index (χ2n) is 6.72. The first-order chi connectivity index (χ1) is 14.4. The van der Waals surface area contributed by atoms with Gasteiger partial charge >= 0.3 is 0 Å². The molecule has 8 nitrogen and oxygen atoms in total. The lowest BCUT2D eigenvalue weighted by Gasteiger charge is -2.10. The zero-order valence-electron chi connectivity index (χ0n) is 16.0. The van der Waals surface area contributed by atoms with E-state index in [0.29, 0.717) is 11.7 Å². The monoisotopic (exact) mass is 411 g/mol. The van der Waals surface area contributed by atoms with Gasteiger partial charge in [-0.05, 0) is 31.9 Å². The maximum Gasteiger partial charge on any atom is 0.255 e. The van der Waals surface area contributed by atoms with Gasteiger partial charge in [-0.25, -0.2) is 18.7 Å². The Hall–Kier alpha value is -3.87. The molecule has 1 aromatic heterocycles. The summed E-state index contributed by atoms with van der Waals surface area (Å²) in [5.74, 6) is -2.37. The van der Waals surface area contributed by atoms with Gasteiger partial charge in [-0.2, -0.15) is 5.26 Å². The van der Waals surface area contributed by atoms with Crippen LogP contribution in [-0.2, 0) is 0 Å². The van der Waals surface area contributed by atoms with Crippen LogP contribution in [0.25, 0.3) is 11.3 Å². The SMILES string of the molecule is C[C@@H](C#N)NC(=O)c1ccc(-c2nc(N/C(C=N)=C/NC3CC3)ncc2F)cc1F. The second kappa shape index (κ2) is 9.09. The maximum atomic E-state index is 14.4. The third-order valence-corrected chi connectivity index (χ3v) is 4.24. The van der Waals surface area contributed by atoms with E-state index < -0.39 is 23.6 Å². The van der Waals surface area contributed by atoms with Gasteiger partial charge in [0, 0.05) is 24.0 Å². The molecule has 0 saturated heterocycles. The molecule has 0 aliphatic heterocycles. The van der Waals surface area contributed by atoms with Crippen LogP contribution in [0.2, 0.25) is 0 Å². The molecular weight excluding hydrogens is 392 g/mol. The van der Waals surface area contributed by atoms with Crippen LogP contribution in [0, 0.1) is 28.4 Å². The van der Waals surface area contributed by atoms with Crippen LogP contribution in [-0.4, -0.2) is 34.2 Å². The molecule has 0 bridgehead atoms. The number of nitriles is 1. The number of carbonyl (C=O) groups is 1. The average Bonchev–Trinajstić information content (AvgIpc) is 3.56. The minimum atomic E-state index is -0.878.